The summed E-state index contributed by atoms with van der Waals surface area (Å²) in [4.78, 5) is 33.7. The summed E-state index contributed by atoms with van der Waals surface area (Å²) in [6, 6.07) is 11.4. The molecule has 0 saturated heterocycles. The van der Waals surface area contributed by atoms with E-state index in [2.05, 4.69) is 15.6 Å². The van der Waals surface area contributed by atoms with Crippen LogP contribution in [0.4, 0.5) is 13.6 Å². The Balaban J connectivity index is 2.03. The Morgan fingerprint density at radius 1 is 1.20 bits per heavy atom. The Kier molecular flexibility index (Phi) is 8.41. The number of amides is 3. The molecule has 0 spiro atoms. The summed E-state index contributed by atoms with van der Waals surface area (Å²) in [6.45, 7) is 2.92. The van der Waals surface area contributed by atoms with Crippen molar-refractivity contribution in [2.24, 2.45) is 10.3 Å². The molecule has 1 aliphatic rings. The second-order valence-electron chi connectivity index (χ2n) is 7.50. The van der Waals surface area contributed by atoms with E-state index in [1.807, 2.05) is 6.07 Å². The van der Waals surface area contributed by atoms with Crippen LogP contribution in [0.3, 0.4) is 0 Å². The van der Waals surface area contributed by atoms with Gasteiger partial charge in [-0.25, -0.2) is 18.6 Å². The molecule has 0 radical (unpaired) electrons. The summed E-state index contributed by atoms with van der Waals surface area (Å²) in [7, 11) is 2.74. The SMILES string of the molecule is CON(C)C(=O)N1N=C(c2cc(F)ccc2F)SC1(CCON=C(C)NC(C)=O)c1ccccc1. The highest BCUT2D eigenvalue weighted by Gasteiger charge is 2.50. The number of nitrogens with zero attached hydrogens (tertiary/aromatic N) is 4. The van der Waals surface area contributed by atoms with E-state index >= 15 is 0 Å². The van der Waals surface area contributed by atoms with E-state index < -0.39 is 22.5 Å². The molecule has 3 amide bonds. The third-order valence-electron chi connectivity index (χ3n) is 5.00. The van der Waals surface area contributed by atoms with E-state index in [9.17, 15) is 18.4 Å². The maximum absolute atomic E-state index is 14.7. The first-order chi connectivity index (χ1) is 16.7. The lowest BCUT2D eigenvalue weighted by molar-refractivity contribution is -0.117. The van der Waals surface area contributed by atoms with Crippen molar-refractivity contribution >= 4 is 34.6 Å². The van der Waals surface area contributed by atoms with E-state index in [4.69, 9.17) is 9.68 Å². The van der Waals surface area contributed by atoms with Crippen molar-refractivity contribution < 1.29 is 28.0 Å². The van der Waals surface area contributed by atoms with Crippen molar-refractivity contribution in [3.05, 3.63) is 71.3 Å². The first-order valence-corrected chi connectivity index (χ1v) is 11.3. The molecule has 1 aliphatic heterocycles. The van der Waals surface area contributed by atoms with Gasteiger partial charge in [-0.05, 0) is 30.7 Å². The average Bonchev–Trinajstić information content (AvgIpc) is 3.23. The van der Waals surface area contributed by atoms with E-state index in [-0.39, 0.29) is 35.4 Å². The Morgan fingerprint density at radius 2 is 1.91 bits per heavy atom. The fourth-order valence-corrected chi connectivity index (χ4v) is 4.71. The number of hydroxylamine groups is 2. The Labute approximate surface area is 205 Å². The largest absolute Gasteiger partial charge is 0.394 e. The minimum Gasteiger partial charge on any atom is -0.394 e. The number of amidine groups is 1. The van der Waals surface area contributed by atoms with Gasteiger partial charge in [0, 0.05) is 26.0 Å². The molecule has 3 rings (SSSR count). The van der Waals surface area contributed by atoms with Gasteiger partial charge < -0.3 is 10.2 Å². The fraction of sp³-hybridized carbons (Fsp3) is 0.304. The van der Waals surface area contributed by atoms with Gasteiger partial charge in [0.25, 0.3) is 0 Å². The minimum absolute atomic E-state index is 0.00767. The standard InChI is InChI=1S/C23H25F2N5O4S/c1-15(26-16(2)31)28-34-13-12-23(17-8-6-5-7-9-17)30(22(32)29(3)33-4)27-21(35-23)19-14-18(24)10-11-20(19)25/h5-11,14H,12-13H2,1-4H3,(H,26,28,31). The van der Waals surface area contributed by atoms with Crippen molar-refractivity contribution in [3.63, 3.8) is 0 Å². The number of hydrogen-bond acceptors (Lipinski definition) is 7. The van der Waals surface area contributed by atoms with Gasteiger partial charge >= 0.3 is 6.03 Å². The van der Waals surface area contributed by atoms with E-state index in [0.29, 0.717) is 5.56 Å². The summed E-state index contributed by atoms with van der Waals surface area (Å²) in [5.74, 6) is -1.35. The van der Waals surface area contributed by atoms with Crippen LogP contribution >= 0.6 is 11.8 Å². The van der Waals surface area contributed by atoms with Crippen molar-refractivity contribution in [2.75, 3.05) is 20.8 Å². The van der Waals surface area contributed by atoms with Gasteiger partial charge in [-0.2, -0.15) is 10.1 Å². The first-order valence-electron chi connectivity index (χ1n) is 10.5. The van der Waals surface area contributed by atoms with Crippen LogP contribution in [0.2, 0.25) is 0 Å². The molecule has 12 heteroatoms. The van der Waals surface area contributed by atoms with Crippen LogP contribution in [-0.2, 0) is 19.3 Å². The second kappa shape index (κ2) is 11.3. The van der Waals surface area contributed by atoms with Crippen molar-refractivity contribution in [3.8, 4) is 0 Å². The first kappa shape index (κ1) is 26.1. The number of carbonyl (C=O) groups is 2. The van der Waals surface area contributed by atoms with Crippen LogP contribution < -0.4 is 5.32 Å². The second-order valence-corrected chi connectivity index (χ2v) is 8.76. The Hall–Kier alpha value is -3.51. The lowest BCUT2D eigenvalue weighted by Gasteiger charge is -2.36. The number of rotatable bonds is 7. The number of halogens is 2. The van der Waals surface area contributed by atoms with Crippen LogP contribution in [0.1, 0.15) is 31.4 Å². The number of thioether (sulfide) groups is 1. The lowest BCUT2D eigenvalue weighted by atomic mass is 10.0. The van der Waals surface area contributed by atoms with Crippen LogP contribution in [-0.4, -0.2) is 53.7 Å². The molecule has 35 heavy (non-hydrogen) atoms. The van der Waals surface area contributed by atoms with Crippen molar-refractivity contribution in [1.82, 2.24) is 15.4 Å². The van der Waals surface area contributed by atoms with Gasteiger partial charge in [0.2, 0.25) is 5.91 Å². The zero-order valence-corrected chi connectivity index (χ0v) is 20.4. The topological polar surface area (TPSA) is 95.8 Å². The summed E-state index contributed by atoms with van der Waals surface area (Å²) in [5, 5.41) is 13.0. The highest BCUT2D eigenvalue weighted by atomic mass is 32.2. The number of carbonyl (C=O) groups excluding carboxylic acids is 2. The molecule has 2 aromatic rings. The number of urea groups is 1. The fourth-order valence-electron chi connectivity index (χ4n) is 3.36. The predicted octanol–water partition coefficient (Wildman–Crippen LogP) is 4.02. The normalized spacial score (nSPS) is 17.7. The zero-order valence-electron chi connectivity index (χ0n) is 19.6. The molecule has 186 valence electrons. The van der Waals surface area contributed by atoms with Crippen LogP contribution in [0, 0.1) is 11.6 Å². The molecule has 0 fully saturated rings. The molecular weight excluding hydrogens is 480 g/mol. The average molecular weight is 506 g/mol. The number of oxime groups is 1. The maximum atomic E-state index is 14.7. The number of hydrazone groups is 1. The van der Waals surface area contributed by atoms with E-state index in [0.717, 1.165) is 35.0 Å². The maximum Gasteiger partial charge on any atom is 0.365 e. The van der Waals surface area contributed by atoms with Crippen LogP contribution in [0.15, 0.2) is 58.8 Å². The molecule has 1 heterocycles. The molecule has 2 aromatic carbocycles. The third-order valence-corrected chi connectivity index (χ3v) is 6.44. The molecule has 1 unspecified atom stereocenters. The van der Waals surface area contributed by atoms with Gasteiger partial charge in [-0.3, -0.25) is 9.63 Å². The molecule has 0 bridgehead atoms. The van der Waals surface area contributed by atoms with E-state index in [1.54, 1.807) is 31.2 Å². The summed E-state index contributed by atoms with van der Waals surface area (Å²) >= 11 is 1.09. The quantitative estimate of drug-likeness (QED) is 0.265. The molecule has 9 nitrogen and oxygen atoms in total. The van der Waals surface area contributed by atoms with Gasteiger partial charge in [0.15, 0.2) is 0 Å². The number of benzene rings is 2. The molecule has 1 atom stereocenters. The predicted molar refractivity (Wildman–Crippen MR) is 128 cm³/mol. The molecule has 0 aliphatic carbocycles. The molecule has 1 N–H and O–H groups in total. The monoisotopic (exact) mass is 505 g/mol. The van der Waals surface area contributed by atoms with Gasteiger partial charge in [0.1, 0.15) is 34.0 Å². The smallest absolute Gasteiger partial charge is 0.365 e. The zero-order chi connectivity index (χ0) is 25.6. The highest BCUT2D eigenvalue weighted by Crippen LogP contribution is 2.50. The molecule has 0 saturated carbocycles. The summed E-state index contributed by atoms with van der Waals surface area (Å²) in [6.07, 6.45) is 0.158. The van der Waals surface area contributed by atoms with Crippen LogP contribution in [0.25, 0.3) is 0 Å². The van der Waals surface area contributed by atoms with Crippen molar-refractivity contribution in [2.45, 2.75) is 25.1 Å². The summed E-state index contributed by atoms with van der Waals surface area (Å²) < 4.78 is 28.6. The molecule has 0 aromatic heterocycles. The minimum atomic E-state index is -1.20. The number of nitrogens with one attached hydrogen (secondary N) is 1. The van der Waals surface area contributed by atoms with E-state index in [1.165, 1.54) is 26.1 Å². The summed E-state index contributed by atoms with van der Waals surface area (Å²) in [5.41, 5.74) is 0.593. The van der Waals surface area contributed by atoms with Crippen LogP contribution in [0.5, 0.6) is 0 Å². The highest BCUT2D eigenvalue weighted by molar-refractivity contribution is 8.15. The number of hydrogen-bond donors (Lipinski definition) is 1. The van der Waals surface area contributed by atoms with Gasteiger partial charge in [0.05, 0.1) is 7.11 Å². The lowest BCUT2D eigenvalue weighted by Crippen LogP contribution is -2.47. The Bertz CT molecular complexity index is 1150. The van der Waals surface area contributed by atoms with Gasteiger partial charge in [-0.15, -0.1) is 0 Å². The van der Waals surface area contributed by atoms with Gasteiger partial charge in [-0.1, -0.05) is 47.2 Å². The third kappa shape index (κ3) is 5.95. The molecular formula is C23H25F2N5O4S. The Morgan fingerprint density at radius 3 is 2.57 bits per heavy atom. The van der Waals surface area contributed by atoms with Crippen molar-refractivity contribution in [1.29, 1.82) is 0 Å².